The van der Waals surface area contributed by atoms with Crippen molar-refractivity contribution in [2.45, 2.75) is 26.3 Å². The third-order valence-corrected chi connectivity index (χ3v) is 3.50. The van der Waals surface area contributed by atoms with E-state index in [-0.39, 0.29) is 24.0 Å². The van der Waals surface area contributed by atoms with E-state index in [2.05, 4.69) is 34.7 Å². The number of rotatable bonds is 9. The molecule has 5 nitrogen and oxygen atoms in total. The summed E-state index contributed by atoms with van der Waals surface area (Å²) in [5.74, 6) is 2.60. The van der Waals surface area contributed by atoms with E-state index in [1.54, 1.807) is 7.11 Å². The topological polar surface area (TPSA) is 54.9 Å². The number of hydrogen-bond acceptors (Lipinski definition) is 3. The first kappa shape index (κ1) is 20.0. The maximum absolute atomic E-state index is 5.55. The minimum Gasteiger partial charge on any atom is -0.491 e. The van der Waals surface area contributed by atoms with Crippen LogP contribution in [-0.4, -0.2) is 39.4 Å². The normalized spacial score (nSPS) is 14.1. The van der Waals surface area contributed by atoms with Crippen molar-refractivity contribution >= 4 is 29.9 Å². The minimum absolute atomic E-state index is 0. The fourth-order valence-corrected chi connectivity index (χ4v) is 2.01. The second-order valence-corrected chi connectivity index (χ2v) is 5.50. The Morgan fingerprint density at radius 2 is 1.91 bits per heavy atom. The Morgan fingerprint density at radius 3 is 2.52 bits per heavy atom. The number of guanidine groups is 1. The average molecular weight is 433 g/mol. The van der Waals surface area contributed by atoms with Crippen LogP contribution in [0, 0.1) is 5.92 Å². The smallest absolute Gasteiger partial charge is 0.191 e. The van der Waals surface area contributed by atoms with Crippen molar-refractivity contribution in [3.05, 3.63) is 29.8 Å². The molecule has 0 bridgehead atoms. The lowest BCUT2D eigenvalue weighted by atomic mass is 10.2. The fourth-order valence-electron chi connectivity index (χ4n) is 2.01. The average Bonchev–Trinajstić information content (AvgIpc) is 3.36. The summed E-state index contributed by atoms with van der Waals surface area (Å²) in [6.07, 6.45) is 2.69. The zero-order valence-electron chi connectivity index (χ0n) is 14.0. The van der Waals surface area contributed by atoms with E-state index in [9.17, 15) is 0 Å². The molecule has 0 heterocycles. The lowest BCUT2D eigenvalue weighted by Gasteiger charge is -2.11. The first-order chi connectivity index (χ1) is 10.8. The Kier molecular flexibility index (Phi) is 10.0. The number of methoxy groups -OCH3 is 1. The Hall–Kier alpha value is -1.02. The summed E-state index contributed by atoms with van der Waals surface area (Å²) in [6, 6.07) is 8.06. The van der Waals surface area contributed by atoms with Crippen LogP contribution in [0.4, 0.5) is 0 Å². The van der Waals surface area contributed by atoms with E-state index in [0.717, 1.165) is 30.7 Å². The van der Waals surface area contributed by atoms with Gasteiger partial charge in [-0.05, 0) is 43.4 Å². The first-order valence-corrected chi connectivity index (χ1v) is 8.04. The molecule has 1 saturated carbocycles. The van der Waals surface area contributed by atoms with Crippen LogP contribution < -0.4 is 15.4 Å². The molecule has 0 aliphatic heterocycles. The SMILES string of the molecule is CCNC(=NCc1ccc(OCCOC)cc1)NCC1CC1.I. The van der Waals surface area contributed by atoms with Gasteiger partial charge in [-0.1, -0.05) is 12.1 Å². The van der Waals surface area contributed by atoms with Gasteiger partial charge in [0.05, 0.1) is 13.2 Å². The highest BCUT2D eigenvalue weighted by atomic mass is 127. The molecule has 1 aliphatic carbocycles. The van der Waals surface area contributed by atoms with E-state index in [1.807, 2.05) is 12.1 Å². The molecule has 23 heavy (non-hydrogen) atoms. The third-order valence-electron chi connectivity index (χ3n) is 3.50. The molecule has 0 radical (unpaired) electrons. The first-order valence-electron chi connectivity index (χ1n) is 8.04. The fraction of sp³-hybridized carbons (Fsp3) is 0.588. The van der Waals surface area contributed by atoms with Crippen LogP contribution in [0.15, 0.2) is 29.3 Å². The van der Waals surface area contributed by atoms with Crippen molar-refractivity contribution in [2.75, 3.05) is 33.4 Å². The van der Waals surface area contributed by atoms with Gasteiger partial charge in [0.25, 0.3) is 0 Å². The van der Waals surface area contributed by atoms with Crippen LogP contribution in [0.1, 0.15) is 25.3 Å². The predicted molar refractivity (Wildman–Crippen MR) is 105 cm³/mol. The van der Waals surface area contributed by atoms with E-state index >= 15 is 0 Å². The molecule has 1 aromatic carbocycles. The molecule has 0 aromatic heterocycles. The Morgan fingerprint density at radius 1 is 1.17 bits per heavy atom. The number of nitrogens with zero attached hydrogens (tertiary/aromatic N) is 1. The van der Waals surface area contributed by atoms with Gasteiger partial charge in [0.15, 0.2) is 5.96 Å². The molecule has 0 amide bonds. The zero-order valence-corrected chi connectivity index (χ0v) is 16.3. The van der Waals surface area contributed by atoms with E-state index in [4.69, 9.17) is 9.47 Å². The van der Waals surface area contributed by atoms with Gasteiger partial charge in [-0.2, -0.15) is 0 Å². The van der Waals surface area contributed by atoms with Gasteiger partial charge in [-0.25, -0.2) is 4.99 Å². The van der Waals surface area contributed by atoms with Crippen LogP contribution in [-0.2, 0) is 11.3 Å². The molecular weight excluding hydrogens is 405 g/mol. The van der Waals surface area contributed by atoms with E-state index in [1.165, 1.54) is 18.4 Å². The number of halogens is 1. The van der Waals surface area contributed by atoms with Crippen molar-refractivity contribution in [1.82, 2.24) is 10.6 Å². The molecule has 1 aromatic rings. The molecule has 0 spiro atoms. The second-order valence-electron chi connectivity index (χ2n) is 5.50. The molecule has 130 valence electrons. The Labute approximate surface area is 156 Å². The number of benzene rings is 1. The largest absolute Gasteiger partial charge is 0.491 e. The Bertz CT molecular complexity index is 461. The minimum atomic E-state index is 0. The monoisotopic (exact) mass is 433 g/mol. The zero-order chi connectivity index (χ0) is 15.6. The summed E-state index contributed by atoms with van der Waals surface area (Å²) in [5.41, 5.74) is 1.17. The molecule has 2 N–H and O–H groups in total. The summed E-state index contributed by atoms with van der Waals surface area (Å²) in [7, 11) is 1.67. The number of hydrogen-bond donors (Lipinski definition) is 2. The molecule has 6 heteroatoms. The van der Waals surface area contributed by atoms with Gasteiger partial charge in [0.2, 0.25) is 0 Å². The van der Waals surface area contributed by atoms with Gasteiger partial charge >= 0.3 is 0 Å². The van der Waals surface area contributed by atoms with Gasteiger partial charge in [-0.15, -0.1) is 24.0 Å². The molecule has 2 rings (SSSR count). The predicted octanol–water partition coefficient (Wildman–Crippen LogP) is 2.79. The Balaban J connectivity index is 0.00000264. The highest BCUT2D eigenvalue weighted by Crippen LogP contribution is 2.27. The second kappa shape index (κ2) is 11.5. The molecule has 1 aliphatic rings. The summed E-state index contributed by atoms with van der Waals surface area (Å²) in [4.78, 5) is 4.62. The summed E-state index contributed by atoms with van der Waals surface area (Å²) >= 11 is 0. The maximum Gasteiger partial charge on any atom is 0.191 e. The van der Waals surface area contributed by atoms with Crippen molar-refractivity contribution in [2.24, 2.45) is 10.9 Å². The summed E-state index contributed by atoms with van der Waals surface area (Å²) in [6.45, 7) is 5.83. The van der Waals surface area contributed by atoms with Gasteiger partial charge < -0.3 is 20.1 Å². The van der Waals surface area contributed by atoms with Crippen molar-refractivity contribution in [3.63, 3.8) is 0 Å². The lowest BCUT2D eigenvalue weighted by Crippen LogP contribution is -2.38. The standard InChI is InChI=1S/C17H27N3O2.HI/c1-3-18-17(19-12-14-4-5-14)20-13-15-6-8-16(9-7-15)22-11-10-21-2;/h6-9,14H,3-5,10-13H2,1-2H3,(H2,18,19,20);1H. The van der Waals surface area contributed by atoms with Gasteiger partial charge in [-0.3, -0.25) is 0 Å². The van der Waals surface area contributed by atoms with Crippen LogP contribution >= 0.6 is 24.0 Å². The lowest BCUT2D eigenvalue weighted by molar-refractivity contribution is 0.146. The highest BCUT2D eigenvalue weighted by molar-refractivity contribution is 14.0. The van der Waals surface area contributed by atoms with Gasteiger partial charge in [0, 0.05) is 20.2 Å². The third kappa shape index (κ3) is 8.41. The van der Waals surface area contributed by atoms with E-state index in [0.29, 0.717) is 19.8 Å². The maximum atomic E-state index is 5.55. The summed E-state index contributed by atoms with van der Waals surface area (Å²) in [5, 5.41) is 6.68. The number of ether oxygens (including phenoxy) is 2. The van der Waals surface area contributed by atoms with Crippen molar-refractivity contribution < 1.29 is 9.47 Å². The van der Waals surface area contributed by atoms with Crippen molar-refractivity contribution in [1.29, 1.82) is 0 Å². The van der Waals surface area contributed by atoms with Gasteiger partial charge in [0.1, 0.15) is 12.4 Å². The van der Waals surface area contributed by atoms with Crippen LogP contribution in [0.2, 0.25) is 0 Å². The van der Waals surface area contributed by atoms with E-state index < -0.39 is 0 Å². The quantitative estimate of drug-likeness (QED) is 0.272. The van der Waals surface area contributed by atoms with Crippen LogP contribution in [0.3, 0.4) is 0 Å². The highest BCUT2D eigenvalue weighted by Gasteiger charge is 2.20. The molecular formula is C17H28IN3O2. The van der Waals surface area contributed by atoms with Crippen LogP contribution in [0.5, 0.6) is 5.75 Å². The molecule has 1 fully saturated rings. The van der Waals surface area contributed by atoms with Crippen molar-refractivity contribution in [3.8, 4) is 5.75 Å². The molecule has 0 unspecified atom stereocenters. The number of nitrogens with one attached hydrogen (secondary N) is 2. The van der Waals surface area contributed by atoms with Crippen LogP contribution in [0.25, 0.3) is 0 Å². The molecule has 0 atom stereocenters. The summed E-state index contributed by atoms with van der Waals surface area (Å²) < 4.78 is 10.5. The molecule has 0 saturated heterocycles. The number of aliphatic imine (C=N–C) groups is 1.